The smallest absolute Gasteiger partial charge is 0.397 e. The first-order chi connectivity index (χ1) is 9.86. The van der Waals surface area contributed by atoms with E-state index in [1.165, 1.54) is 4.88 Å². The summed E-state index contributed by atoms with van der Waals surface area (Å²) < 4.78 is 4.81. The third kappa shape index (κ3) is 5.83. The standard InChI is InChI=1S/C15H24N2O3S/c1-5-20-14(19)13(18)17(15(2,3)4)9-7-6-8-12-10-16-11-21-12/h10-11H,5-9H2,1-4H3. The van der Waals surface area contributed by atoms with Crippen LogP contribution in [0, 0.1) is 0 Å². The van der Waals surface area contributed by atoms with Crippen LogP contribution in [-0.2, 0) is 20.7 Å². The van der Waals surface area contributed by atoms with E-state index in [0.717, 1.165) is 19.3 Å². The second kappa shape index (κ2) is 8.12. The number of ether oxygens (including phenoxy) is 1. The molecule has 0 aliphatic carbocycles. The molecule has 0 radical (unpaired) electrons. The minimum atomic E-state index is -0.769. The van der Waals surface area contributed by atoms with E-state index in [0.29, 0.717) is 6.54 Å². The van der Waals surface area contributed by atoms with Crippen molar-refractivity contribution in [3.63, 3.8) is 0 Å². The highest BCUT2D eigenvalue weighted by molar-refractivity contribution is 7.09. The average molecular weight is 312 g/mol. The van der Waals surface area contributed by atoms with Gasteiger partial charge in [-0.1, -0.05) is 0 Å². The predicted molar refractivity (Wildman–Crippen MR) is 83.2 cm³/mol. The Balaban J connectivity index is 2.50. The van der Waals surface area contributed by atoms with Crippen LogP contribution >= 0.6 is 11.3 Å². The molecule has 0 N–H and O–H groups in total. The number of carbonyl (C=O) groups excluding carboxylic acids is 2. The zero-order valence-electron chi connectivity index (χ0n) is 13.2. The molecule has 0 aromatic carbocycles. The van der Waals surface area contributed by atoms with Crippen LogP contribution in [0.2, 0.25) is 0 Å². The van der Waals surface area contributed by atoms with Gasteiger partial charge in [-0.2, -0.15) is 0 Å². The number of thiazole rings is 1. The molecule has 0 bridgehead atoms. The largest absolute Gasteiger partial charge is 0.459 e. The molecular weight excluding hydrogens is 288 g/mol. The maximum atomic E-state index is 12.1. The summed E-state index contributed by atoms with van der Waals surface area (Å²) in [5.74, 6) is -1.32. The molecule has 0 spiro atoms. The molecule has 1 aromatic rings. The SMILES string of the molecule is CCOC(=O)C(=O)N(CCCCc1cncs1)C(C)(C)C. The normalized spacial score (nSPS) is 11.2. The van der Waals surface area contributed by atoms with Crippen LogP contribution in [0.1, 0.15) is 45.4 Å². The molecule has 0 unspecified atom stereocenters. The number of hydrogen-bond donors (Lipinski definition) is 0. The van der Waals surface area contributed by atoms with Crippen molar-refractivity contribution >= 4 is 23.2 Å². The van der Waals surface area contributed by atoms with Crippen molar-refractivity contribution in [2.45, 2.75) is 52.5 Å². The molecule has 21 heavy (non-hydrogen) atoms. The lowest BCUT2D eigenvalue weighted by atomic mass is 10.0. The minimum Gasteiger partial charge on any atom is -0.459 e. The number of aromatic nitrogens is 1. The number of aryl methyl sites for hydroxylation is 1. The summed E-state index contributed by atoms with van der Waals surface area (Å²) in [6.45, 7) is 8.24. The van der Waals surface area contributed by atoms with Crippen molar-refractivity contribution in [1.29, 1.82) is 0 Å². The Hall–Kier alpha value is -1.43. The van der Waals surface area contributed by atoms with E-state index in [-0.39, 0.29) is 6.61 Å². The van der Waals surface area contributed by atoms with Crippen molar-refractivity contribution < 1.29 is 14.3 Å². The summed E-state index contributed by atoms with van der Waals surface area (Å²) in [4.78, 5) is 30.7. The van der Waals surface area contributed by atoms with Gasteiger partial charge in [0.1, 0.15) is 0 Å². The maximum absolute atomic E-state index is 12.1. The Morgan fingerprint density at radius 2 is 2.05 bits per heavy atom. The number of rotatable bonds is 6. The van der Waals surface area contributed by atoms with Crippen LogP contribution < -0.4 is 0 Å². The maximum Gasteiger partial charge on any atom is 0.397 e. The number of esters is 1. The number of unbranched alkanes of at least 4 members (excludes halogenated alkanes) is 1. The van der Waals surface area contributed by atoms with Crippen molar-refractivity contribution in [2.24, 2.45) is 0 Å². The van der Waals surface area contributed by atoms with Gasteiger partial charge in [0, 0.05) is 23.2 Å². The number of amides is 1. The van der Waals surface area contributed by atoms with Gasteiger partial charge in [-0.15, -0.1) is 11.3 Å². The third-order valence-corrected chi connectivity index (χ3v) is 3.88. The molecule has 118 valence electrons. The molecule has 0 saturated carbocycles. The fourth-order valence-corrected chi connectivity index (χ4v) is 2.62. The van der Waals surface area contributed by atoms with Crippen molar-refractivity contribution in [3.8, 4) is 0 Å². The van der Waals surface area contributed by atoms with Crippen LogP contribution in [0.4, 0.5) is 0 Å². The molecule has 1 heterocycles. The van der Waals surface area contributed by atoms with Gasteiger partial charge in [0.15, 0.2) is 0 Å². The van der Waals surface area contributed by atoms with Gasteiger partial charge in [-0.25, -0.2) is 4.79 Å². The number of hydrogen-bond acceptors (Lipinski definition) is 5. The van der Waals surface area contributed by atoms with Crippen molar-refractivity contribution in [1.82, 2.24) is 9.88 Å². The van der Waals surface area contributed by atoms with Gasteiger partial charge >= 0.3 is 11.9 Å². The molecule has 0 saturated heterocycles. The van der Waals surface area contributed by atoms with E-state index < -0.39 is 17.4 Å². The van der Waals surface area contributed by atoms with E-state index in [9.17, 15) is 9.59 Å². The van der Waals surface area contributed by atoms with E-state index in [2.05, 4.69) is 4.98 Å². The van der Waals surface area contributed by atoms with Gasteiger partial charge in [0.05, 0.1) is 12.1 Å². The molecule has 0 aliphatic rings. The topological polar surface area (TPSA) is 59.5 Å². The van der Waals surface area contributed by atoms with Gasteiger partial charge < -0.3 is 9.64 Å². The van der Waals surface area contributed by atoms with E-state index in [4.69, 9.17) is 4.74 Å². The second-order valence-electron chi connectivity index (χ2n) is 5.77. The Morgan fingerprint density at radius 3 is 2.57 bits per heavy atom. The monoisotopic (exact) mass is 312 g/mol. The van der Waals surface area contributed by atoms with Crippen LogP contribution in [0.3, 0.4) is 0 Å². The second-order valence-corrected chi connectivity index (χ2v) is 6.74. The number of nitrogens with zero attached hydrogens (tertiary/aromatic N) is 2. The van der Waals surface area contributed by atoms with Gasteiger partial charge in [0.25, 0.3) is 0 Å². The molecule has 0 fully saturated rings. The quantitative estimate of drug-likeness (QED) is 0.460. The van der Waals surface area contributed by atoms with Crippen molar-refractivity contribution in [3.05, 3.63) is 16.6 Å². The summed E-state index contributed by atoms with van der Waals surface area (Å²) in [5.41, 5.74) is 1.43. The first-order valence-electron chi connectivity index (χ1n) is 7.22. The summed E-state index contributed by atoms with van der Waals surface area (Å²) in [5, 5.41) is 0. The van der Waals surface area contributed by atoms with Gasteiger partial charge in [0.2, 0.25) is 0 Å². The van der Waals surface area contributed by atoms with Crippen LogP contribution in [0.5, 0.6) is 0 Å². The third-order valence-electron chi connectivity index (χ3n) is 3.04. The zero-order chi connectivity index (χ0) is 15.9. The summed E-state index contributed by atoms with van der Waals surface area (Å²) >= 11 is 1.64. The fourth-order valence-electron chi connectivity index (χ4n) is 1.98. The first kappa shape index (κ1) is 17.6. The predicted octanol–water partition coefficient (Wildman–Crippen LogP) is 2.66. The highest BCUT2D eigenvalue weighted by Gasteiger charge is 2.31. The Kier molecular flexibility index (Phi) is 6.81. The summed E-state index contributed by atoms with van der Waals surface area (Å²) in [6, 6.07) is 0. The van der Waals surface area contributed by atoms with E-state index in [1.54, 1.807) is 23.2 Å². The van der Waals surface area contributed by atoms with Crippen LogP contribution in [0.25, 0.3) is 0 Å². The molecule has 1 rings (SSSR count). The van der Waals surface area contributed by atoms with Crippen LogP contribution in [0.15, 0.2) is 11.7 Å². The fraction of sp³-hybridized carbons (Fsp3) is 0.667. The molecule has 0 atom stereocenters. The highest BCUT2D eigenvalue weighted by Crippen LogP contribution is 2.16. The molecule has 5 nitrogen and oxygen atoms in total. The molecule has 1 aromatic heterocycles. The lowest BCUT2D eigenvalue weighted by Gasteiger charge is -2.34. The molecule has 1 amide bonds. The Bertz CT molecular complexity index is 452. The molecule has 6 heteroatoms. The minimum absolute atomic E-state index is 0.216. The molecular formula is C15H24N2O3S. The highest BCUT2D eigenvalue weighted by atomic mass is 32.1. The van der Waals surface area contributed by atoms with E-state index >= 15 is 0 Å². The first-order valence-corrected chi connectivity index (χ1v) is 8.10. The summed E-state index contributed by atoms with van der Waals surface area (Å²) in [7, 11) is 0. The Morgan fingerprint density at radius 1 is 1.33 bits per heavy atom. The van der Waals surface area contributed by atoms with E-state index in [1.807, 2.05) is 32.5 Å². The van der Waals surface area contributed by atoms with Crippen molar-refractivity contribution in [2.75, 3.05) is 13.2 Å². The zero-order valence-corrected chi connectivity index (χ0v) is 14.0. The lowest BCUT2D eigenvalue weighted by molar-refractivity contribution is -0.162. The lowest BCUT2D eigenvalue weighted by Crippen LogP contribution is -2.49. The van der Waals surface area contributed by atoms with Gasteiger partial charge in [-0.05, 0) is 47.0 Å². The Labute approximate surface area is 130 Å². The molecule has 0 aliphatic heterocycles. The average Bonchev–Trinajstić information content (AvgIpc) is 2.90. The van der Waals surface area contributed by atoms with Crippen LogP contribution in [-0.4, -0.2) is 40.5 Å². The summed E-state index contributed by atoms with van der Waals surface area (Å²) in [6.07, 6.45) is 4.64. The van der Waals surface area contributed by atoms with Gasteiger partial charge in [-0.3, -0.25) is 9.78 Å². The number of carbonyl (C=O) groups is 2.